The first-order valence-electron chi connectivity index (χ1n) is 13.3. The smallest absolute Gasteiger partial charge is 0.374 e. The summed E-state index contributed by atoms with van der Waals surface area (Å²) < 4.78 is 21.9. The van der Waals surface area contributed by atoms with Crippen molar-refractivity contribution in [1.29, 1.82) is 0 Å². The van der Waals surface area contributed by atoms with Crippen LogP contribution >= 0.6 is 0 Å². The van der Waals surface area contributed by atoms with Gasteiger partial charge in [0, 0.05) is 5.56 Å². The summed E-state index contributed by atoms with van der Waals surface area (Å²) in [6, 6.07) is 13.5. The van der Waals surface area contributed by atoms with Crippen LogP contribution in [0.25, 0.3) is 0 Å². The maximum absolute atomic E-state index is 12.9. The lowest BCUT2D eigenvalue weighted by molar-refractivity contribution is -0.143. The maximum atomic E-state index is 12.9. The Morgan fingerprint density at radius 2 is 1.42 bits per heavy atom. The van der Waals surface area contributed by atoms with Gasteiger partial charge >= 0.3 is 11.9 Å². The van der Waals surface area contributed by atoms with E-state index in [-0.39, 0.29) is 30.6 Å². The first kappa shape index (κ1) is 30.4. The zero-order valence-electron chi connectivity index (χ0n) is 22.6. The highest BCUT2D eigenvalue weighted by Gasteiger charge is 2.19. The van der Waals surface area contributed by atoms with E-state index in [9.17, 15) is 14.4 Å². The monoisotopic (exact) mass is 525 g/mol. The topological polar surface area (TPSA) is 100 Å². The zero-order chi connectivity index (χ0) is 27.6. The first-order valence-corrected chi connectivity index (χ1v) is 13.3. The van der Waals surface area contributed by atoms with Crippen molar-refractivity contribution in [2.24, 2.45) is 0 Å². The third-order valence-electron chi connectivity index (χ3n) is 5.41. The molecule has 0 aliphatic rings. The molecule has 0 fully saturated rings. The van der Waals surface area contributed by atoms with Gasteiger partial charge in [-0.25, -0.2) is 9.59 Å². The van der Waals surface area contributed by atoms with Crippen molar-refractivity contribution in [2.75, 3.05) is 25.1 Å². The number of esters is 2. The predicted octanol–water partition coefficient (Wildman–Crippen LogP) is 6.46. The molecule has 2 rings (SSSR count). The Labute approximate surface area is 225 Å². The van der Waals surface area contributed by atoms with E-state index in [0.29, 0.717) is 36.4 Å². The molecule has 2 aromatic rings. The Morgan fingerprint density at radius 1 is 0.763 bits per heavy atom. The number of para-hydroxylation sites is 2. The van der Waals surface area contributed by atoms with Crippen LogP contribution in [0.4, 0.5) is 5.69 Å². The van der Waals surface area contributed by atoms with E-state index in [0.717, 1.165) is 38.2 Å². The number of carbonyl (C=O) groups excluding carboxylic acids is 3. The number of hydrogen-bond acceptors (Lipinski definition) is 7. The number of unbranched alkanes of at least 4 members (excludes halogenated alkanes) is 4. The molecule has 0 aromatic heterocycles. The van der Waals surface area contributed by atoms with Gasteiger partial charge in [-0.2, -0.15) is 0 Å². The van der Waals surface area contributed by atoms with Crippen molar-refractivity contribution >= 4 is 23.5 Å². The molecule has 1 amide bonds. The molecular formula is C30H39NO7. The van der Waals surface area contributed by atoms with Crippen LogP contribution in [0.15, 0.2) is 60.4 Å². The third kappa shape index (κ3) is 11.1. The molecule has 0 aliphatic heterocycles. The van der Waals surface area contributed by atoms with E-state index in [2.05, 4.69) is 12.2 Å². The summed E-state index contributed by atoms with van der Waals surface area (Å²) in [5.74, 6) is -1.32. The molecule has 0 heterocycles. The number of anilines is 1. The first-order chi connectivity index (χ1) is 18.5. The molecule has 8 nitrogen and oxygen atoms in total. The molecule has 0 aliphatic carbocycles. The van der Waals surface area contributed by atoms with E-state index in [1.165, 1.54) is 0 Å². The highest BCUT2D eigenvalue weighted by Crippen LogP contribution is 2.27. The van der Waals surface area contributed by atoms with Crippen LogP contribution in [-0.2, 0) is 19.1 Å². The second kappa shape index (κ2) is 17.6. The summed E-state index contributed by atoms with van der Waals surface area (Å²) in [4.78, 5) is 37.8. The lowest BCUT2D eigenvalue weighted by Gasteiger charge is -2.14. The highest BCUT2D eigenvalue weighted by molar-refractivity contribution is 6.05. The van der Waals surface area contributed by atoms with Gasteiger partial charge in [-0.15, -0.1) is 0 Å². The summed E-state index contributed by atoms with van der Waals surface area (Å²) in [5, 5.41) is 2.80. The highest BCUT2D eigenvalue weighted by atomic mass is 16.6. The fourth-order valence-corrected chi connectivity index (χ4v) is 3.19. The van der Waals surface area contributed by atoms with Crippen LogP contribution in [0.3, 0.4) is 0 Å². The quantitative estimate of drug-likeness (QED) is 0.110. The van der Waals surface area contributed by atoms with E-state index >= 15 is 0 Å². The minimum atomic E-state index is -0.790. The molecule has 8 heteroatoms. The van der Waals surface area contributed by atoms with Gasteiger partial charge in [-0.05, 0) is 55.7 Å². The average molecular weight is 526 g/mol. The molecule has 0 atom stereocenters. The predicted molar refractivity (Wildman–Crippen MR) is 146 cm³/mol. The van der Waals surface area contributed by atoms with Gasteiger partial charge < -0.3 is 24.3 Å². The number of ether oxygens (including phenoxy) is 4. The van der Waals surface area contributed by atoms with Crippen LogP contribution < -0.4 is 14.8 Å². The Bertz CT molecular complexity index is 1050. The molecule has 0 saturated carbocycles. The van der Waals surface area contributed by atoms with Gasteiger partial charge in [0.2, 0.25) is 5.76 Å². The fourth-order valence-electron chi connectivity index (χ4n) is 3.19. The summed E-state index contributed by atoms with van der Waals surface area (Å²) in [7, 11) is 0. The maximum Gasteiger partial charge on any atom is 0.374 e. The van der Waals surface area contributed by atoms with E-state index < -0.39 is 11.9 Å². The molecule has 38 heavy (non-hydrogen) atoms. The number of hydrogen-bond donors (Lipinski definition) is 1. The van der Waals surface area contributed by atoms with Crippen LogP contribution in [0.2, 0.25) is 0 Å². The van der Waals surface area contributed by atoms with Gasteiger partial charge in [-0.1, -0.05) is 58.6 Å². The van der Waals surface area contributed by atoms with Crippen molar-refractivity contribution in [3.63, 3.8) is 0 Å². The molecule has 1 N–H and O–H groups in total. The van der Waals surface area contributed by atoms with Crippen molar-refractivity contribution < 1.29 is 33.3 Å². The van der Waals surface area contributed by atoms with E-state index in [1.54, 1.807) is 48.5 Å². The fraction of sp³-hybridized carbons (Fsp3) is 0.433. The molecule has 0 spiro atoms. The third-order valence-corrected chi connectivity index (χ3v) is 5.41. The van der Waals surface area contributed by atoms with Gasteiger partial charge in [-0.3, -0.25) is 4.79 Å². The average Bonchev–Trinajstić information content (AvgIpc) is 2.92. The van der Waals surface area contributed by atoms with Gasteiger partial charge in [0.25, 0.3) is 5.91 Å². The molecule has 0 unspecified atom stereocenters. The van der Waals surface area contributed by atoms with Crippen LogP contribution in [0.1, 0.15) is 76.1 Å². The summed E-state index contributed by atoms with van der Waals surface area (Å²) in [6.07, 6.45) is 7.26. The standard InChI is InChI=1S/C30H39NO7/c1-4-7-12-21-35-24-17-15-23(16-18-24)29(33)31-25-13-10-11-14-26(25)38-27(30(34)37-20-9-6-3)22-28(32)36-19-8-5-2/h10-11,13-18,22H,4-9,12,19-21H2,1-3H3,(H,31,33)/b27-22-. The van der Waals surface area contributed by atoms with E-state index in [1.807, 2.05) is 13.8 Å². The van der Waals surface area contributed by atoms with Gasteiger partial charge in [0.15, 0.2) is 5.75 Å². The summed E-state index contributed by atoms with van der Waals surface area (Å²) >= 11 is 0. The van der Waals surface area contributed by atoms with Gasteiger partial charge in [0.1, 0.15) is 5.75 Å². The number of rotatable bonds is 17. The SMILES string of the molecule is CCCCCOc1ccc(C(=O)Nc2ccccc2O/C(=C\C(=O)OCCCC)C(=O)OCCCC)cc1. The number of amides is 1. The Balaban J connectivity index is 2.13. The Kier molecular flexibility index (Phi) is 14.1. The van der Waals surface area contributed by atoms with Crippen molar-refractivity contribution in [2.45, 2.75) is 65.7 Å². The molecule has 0 bridgehead atoms. The minimum Gasteiger partial charge on any atom is -0.494 e. The number of carbonyl (C=O) groups is 3. The van der Waals surface area contributed by atoms with Crippen LogP contribution in [-0.4, -0.2) is 37.7 Å². The second-order valence-electron chi connectivity index (χ2n) is 8.65. The van der Waals surface area contributed by atoms with Gasteiger partial charge in [0.05, 0.1) is 31.6 Å². The summed E-state index contributed by atoms with van der Waals surface area (Å²) in [5.41, 5.74) is 0.749. The largest absolute Gasteiger partial charge is 0.494 e. The lowest BCUT2D eigenvalue weighted by Crippen LogP contribution is -2.18. The zero-order valence-corrected chi connectivity index (χ0v) is 22.6. The minimum absolute atomic E-state index is 0.178. The molecule has 206 valence electrons. The number of nitrogens with one attached hydrogen (secondary N) is 1. The molecule has 0 saturated heterocycles. The Hall–Kier alpha value is -3.81. The van der Waals surface area contributed by atoms with Crippen molar-refractivity contribution in [3.05, 3.63) is 65.9 Å². The number of benzene rings is 2. The van der Waals surface area contributed by atoms with Crippen molar-refractivity contribution in [3.8, 4) is 11.5 Å². The van der Waals surface area contributed by atoms with Crippen LogP contribution in [0, 0.1) is 0 Å². The van der Waals surface area contributed by atoms with Crippen molar-refractivity contribution in [1.82, 2.24) is 0 Å². The second-order valence-corrected chi connectivity index (χ2v) is 8.65. The Morgan fingerprint density at radius 3 is 2.11 bits per heavy atom. The molecule has 2 aromatic carbocycles. The lowest BCUT2D eigenvalue weighted by atomic mass is 10.2. The summed E-state index contributed by atoms with van der Waals surface area (Å²) in [6.45, 7) is 7.14. The van der Waals surface area contributed by atoms with E-state index in [4.69, 9.17) is 18.9 Å². The molecular weight excluding hydrogens is 486 g/mol. The normalized spacial score (nSPS) is 11.0. The molecule has 0 radical (unpaired) electrons. The van der Waals surface area contributed by atoms with Crippen LogP contribution in [0.5, 0.6) is 11.5 Å².